The fourth-order valence-electron chi connectivity index (χ4n) is 9.69. The minimum atomic E-state index is -1.22. The summed E-state index contributed by atoms with van der Waals surface area (Å²) in [4.78, 5) is 159. The van der Waals surface area contributed by atoms with E-state index in [0.717, 1.165) is 54.7 Å². The smallest absolute Gasteiger partial charge is 0.329 e. The van der Waals surface area contributed by atoms with Crippen LogP contribution in [0.2, 0.25) is 0 Å². The maximum absolute atomic E-state index is 14.1. The van der Waals surface area contributed by atoms with Crippen molar-refractivity contribution in [1.29, 1.82) is 0 Å². The third kappa shape index (κ3) is 42.2. The van der Waals surface area contributed by atoms with Crippen molar-refractivity contribution in [3.63, 3.8) is 0 Å². The number of carbonyl (C=O) groups excluding carboxylic acids is 11. The number of rotatable bonds is 39. The molecule has 99 heavy (non-hydrogen) atoms. The van der Waals surface area contributed by atoms with Crippen molar-refractivity contribution in [2.75, 3.05) is 39.3 Å². The maximum Gasteiger partial charge on any atom is 0.329 e. The van der Waals surface area contributed by atoms with Crippen molar-refractivity contribution >= 4 is 65.5 Å². The Kier molecular flexibility index (Phi) is 35.3. The lowest BCUT2D eigenvalue weighted by atomic mass is 10.1. The van der Waals surface area contributed by atoms with Crippen LogP contribution < -0.4 is 16.0 Å². The summed E-state index contributed by atoms with van der Waals surface area (Å²) in [6.07, 6.45) is 14.5. The summed E-state index contributed by atoms with van der Waals surface area (Å²) in [5, 5.41) is 8.15. The minimum Gasteiger partial charge on any atom is -0.460 e. The highest BCUT2D eigenvalue weighted by Gasteiger charge is 2.34. The lowest BCUT2D eigenvalue weighted by Gasteiger charge is -2.27. The monoisotopic (exact) mass is 1400 g/mol. The molecule has 0 bridgehead atoms. The molecule has 0 unspecified atom stereocenters. The molecule has 0 radical (unpaired) electrons. The van der Waals surface area contributed by atoms with Crippen molar-refractivity contribution < 1.29 is 85.9 Å². The molecule has 0 saturated heterocycles. The standard InChI is InChI=1S/C71H120N10O18/c1-65(2,3)93-57(85)35-34-51(63(91)99-71(19,20)21)76-64(92)75-50(62(90)98-70(16,17)18)32-29-30-36-74-54(82)33-28-26-24-22-23-25-27-31-39-77(42-52-72-37-40-78(52)44-55(83)80(46-58(86)94-66(4,5)6)47-59(87)95-67(7,8)9)43-53-73-38-41-79(53)45-56(84)81(48-60(88)96-68(10,11)12)49-61(89)97-69(13,14)15/h37-38,40-41,50-51H,22-36,39,42-49H2,1-21H3,(H,74,82)(H2,75,76,92)/t50-,51-/m0/s1. The number of imidazole rings is 2. The Morgan fingerprint density at radius 1 is 0.404 bits per heavy atom. The van der Waals surface area contributed by atoms with Gasteiger partial charge in [-0.25, -0.2) is 24.4 Å². The second-order valence-corrected chi connectivity index (χ2v) is 31.8. The van der Waals surface area contributed by atoms with Gasteiger partial charge in [0.05, 0.1) is 13.1 Å². The Morgan fingerprint density at radius 2 is 0.737 bits per heavy atom. The summed E-state index contributed by atoms with van der Waals surface area (Å²) in [7, 11) is 0. The number of hydrogen-bond donors (Lipinski definition) is 3. The highest BCUT2D eigenvalue weighted by molar-refractivity contribution is 5.89. The Balaban J connectivity index is 2.14. The van der Waals surface area contributed by atoms with Gasteiger partial charge in [-0.3, -0.25) is 43.3 Å². The SMILES string of the molecule is CC(C)(C)OC(=O)CC[C@H](NC(=O)N[C@@H](CCCCNC(=O)CCCCCCCCCCN(Cc1nccn1CC(=O)N(CC(=O)OC(C)(C)C)CC(=O)OC(C)(C)C)Cc1nccn1CC(=O)N(CC(=O)OC(C)(C)C)CC(=O)OC(C)(C)C)C(=O)OC(C)(C)C)C(=O)OC(C)(C)C. The lowest BCUT2D eigenvalue weighted by Crippen LogP contribution is -2.53. The molecule has 3 N–H and O–H groups in total. The predicted molar refractivity (Wildman–Crippen MR) is 370 cm³/mol. The van der Waals surface area contributed by atoms with Gasteiger partial charge in [-0.15, -0.1) is 0 Å². The molecular formula is C71H120N10O18. The van der Waals surface area contributed by atoms with Crippen LogP contribution in [0.15, 0.2) is 24.8 Å². The van der Waals surface area contributed by atoms with Gasteiger partial charge in [0, 0.05) is 44.2 Å². The highest BCUT2D eigenvalue weighted by atomic mass is 16.6. The highest BCUT2D eigenvalue weighted by Crippen LogP contribution is 2.20. The van der Waals surface area contributed by atoms with Crippen LogP contribution in [0.5, 0.6) is 0 Å². The molecule has 2 heterocycles. The van der Waals surface area contributed by atoms with Crippen LogP contribution in [-0.4, -0.2) is 190 Å². The number of nitrogens with zero attached hydrogens (tertiary/aromatic N) is 7. The van der Waals surface area contributed by atoms with E-state index in [0.29, 0.717) is 50.4 Å². The van der Waals surface area contributed by atoms with Crippen LogP contribution in [0, 0.1) is 0 Å². The molecule has 2 aromatic rings. The normalized spacial score (nSPS) is 12.9. The summed E-state index contributed by atoms with van der Waals surface area (Å²) in [6.45, 7) is 34.5. The van der Waals surface area contributed by atoms with Gasteiger partial charge in [0.15, 0.2) is 0 Å². The van der Waals surface area contributed by atoms with Crippen molar-refractivity contribution in [2.45, 2.75) is 313 Å². The Hall–Kier alpha value is -7.65. The number of aromatic nitrogens is 4. The molecule has 562 valence electrons. The van der Waals surface area contributed by atoms with E-state index in [-0.39, 0.29) is 51.3 Å². The molecule has 0 aromatic carbocycles. The van der Waals surface area contributed by atoms with Gasteiger partial charge in [0.1, 0.15) is 102 Å². The molecular weight excluding hydrogens is 1280 g/mol. The van der Waals surface area contributed by atoms with Crippen molar-refractivity contribution in [3.8, 4) is 0 Å². The van der Waals surface area contributed by atoms with Gasteiger partial charge < -0.3 is 68.0 Å². The van der Waals surface area contributed by atoms with Crippen LogP contribution in [0.4, 0.5) is 4.79 Å². The number of hydrogen-bond acceptors (Lipinski definition) is 21. The zero-order chi connectivity index (χ0) is 75.3. The number of amides is 5. The van der Waals surface area contributed by atoms with Crippen LogP contribution in [0.3, 0.4) is 0 Å². The summed E-state index contributed by atoms with van der Waals surface area (Å²) in [6, 6.07) is -3.14. The first-order chi connectivity index (χ1) is 45.4. The van der Waals surface area contributed by atoms with E-state index in [1.54, 1.807) is 179 Å². The molecule has 0 saturated carbocycles. The summed E-state index contributed by atoms with van der Waals surface area (Å²) >= 11 is 0. The van der Waals surface area contributed by atoms with E-state index in [9.17, 15) is 52.7 Å². The molecule has 28 heteroatoms. The fraction of sp³-hybridized carbons (Fsp3) is 0.761. The summed E-state index contributed by atoms with van der Waals surface area (Å²) < 4.78 is 41.8. The zero-order valence-corrected chi connectivity index (χ0v) is 63.4. The molecule has 0 spiro atoms. The third-order valence-electron chi connectivity index (χ3n) is 13.5. The molecule has 2 aromatic heterocycles. The fourth-order valence-corrected chi connectivity index (χ4v) is 9.69. The van der Waals surface area contributed by atoms with E-state index >= 15 is 0 Å². The van der Waals surface area contributed by atoms with Crippen LogP contribution in [0.1, 0.15) is 247 Å². The molecule has 0 aliphatic carbocycles. The molecule has 5 amide bonds. The summed E-state index contributed by atoms with van der Waals surface area (Å²) in [5.74, 6) is -5.01. The Labute approximate surface area is 587 Å². The number of ether oxygens (including phenoxy) is 7. The van der Waals surface area contributed by atoms with Crippen molar-refractivity contribution in [1.82, 2.24) is 49.8 Å². The van der Waals surface area contributed by atoms with Gasteiger partial charge in [-0.1, -0.05) is 38.5 Å². The number of unbranched alkanes of at least 4 members (excludes halogenated alkanes) is 8. The van der Waals surface area contributed by atoms with Gasteiger partial charge in [-0.05, 0) is 190 Å². The van der Waals surface area contributed by atoms with Gasteiger partial charge in [0.25, 0.3) is 0 Å². The quantitative estimate of drug-likeness (QED) is 0.0320. The average molecular weight is 1400 g/mol. The molecule has 0 aliphatic heterocycles. The van der Waals surface area contributed by atoms with Crippen LogP contribution >= 0.6 is 0 Å². The maximum atomic E-state index is 14.1. The van der Waals surface area contributed by atoms with Crippen LogP contribution in [0.25, 0.3) is 0 Å². The van der Waals surface area contributed by atoms with Crippen molar-refractivity contribution in [3.05, 3.63) is 36.4 Å². The Morgan fingerprint density at radius 3 is 1.10 bits per heavy atom. The molecule has 2 atom stereocenters. The molecule has 2 rings (SSSR count). The third-order valence-corrected chi connectivity index (χ3v) is 13.5. The minimum absolute atomic E-state index is 0.0971. The van der Waals surface area contributed by atoms with E-state index < -0.39 is 137 Å². The average Bonchev–Trinajstić information content (AvgIpc) is 1.78. The molecule has 0 fully saturated rings. The second kappa shape index (κ2) is 40.0. The molecule has 0 aliphatic rings. The van der Waals surface area contributed by atoms with E-state index in [4.69, 9.17) is 33.2 Å². The zero-order valence-electron chi connectivity index (χ0n) is 63.4. The molecule has 28 nitrogen and oxygen atoms in total. The van der Waals surface area contributed by atoms with Gasteiger partial charge >= 0.3 is 47.8 Å². The first kappa shape index (κ1) is 87.4. The number of nitrogens with one attached hydrogen (secondary N) is 3. The number of urea groups is 1. The predicted octanol–water partition coefficient (Wildman–Crippen LogP) is 8.74. The van der Waals surface area contributed by atoms with E-state index in [1.165, 1.54) is 0 Å². The largest absolute Gasteiger partial charge is 0.460 e. The first-order valence-electron chi connectivity index (χ1n) is 34.6. The van der Waals surface area contributed by atoms with E-state index in [2.05, 4.69) is 30.8 Å². The Bertz CT molecular complexity index is 2770. The second-order valence-electron chi connectivity index (χ2n) is 31.8. The van der Waals surface area contributed by atoms with Crippen LogP contribution in [-0.2, 0) is 107 Å². The number of carbonyl (C=O) groups is 11. The lowest BCUT2D eigenvalue weighted by molar-refractivity contribution is -0.165. The van der Waals surface area contributed by atoms with Gasteiger partial charge in [0.2, 0.25) is 17.7 Å². The van der Waals surface area contributed by atoms with Crippen molar-refractivity contribution in [2.24, 2.45) is 0 Å². The topological polar surface area (TPSA) is 334 Å². The van der Waals surface area contributed by atoms with E-state index in [1.807, 2.05) is 0 Å². The van der Waals surface area contributed by atoms with Gasteiger partial charge in [-0.2, -0.15) is 0 Å². The summed E-state index contributed by atoms with van der Waals surface area (Å²) in [5.41, 5.74) is -5.89. The first-order valence-corrected chi connectivity index (χ1v) is 34.6. The number of esters is 7.